The molecule has 0 saturated heterocycles. The standard InChI is InChI=1S/C15H20FNO4S/c1-15(2,22(20,21)12-7-8-12)14(19)17-9-13(18)10-3-5-11(16)6-4-10/h3-6,12-13,18H,7-9H2,1-2H3,(H,17,19)/t13-/m0/s1. The molecule has 1 aliphatic carbocycles. The molecule has 0 aromatic heterocycles. The van der Waals surface area contributed by atoms with E-state index in [9.17, 15) is 22.7 Å². The smallest absolute Gasteiger partial charge is 0.240 e. The third-order valence-electron chi connectivity index (χ3n) is 3.93. The summed E-state index contributed by atoms with van der Waals surface area (Å²) in [5, 5.41) is 12.0. The molecule has 1 aromatic carbocycles. The minimum absolute atomic E-state index is 0.131. The van der Waals surface area contributed by atoms with E-state index in [1.165, 1.54) is 38.1 Å². The number of hydrogen-bond donors (Lipinski definition) is 2. The van der Waals surface area contributed by atoms with Crippen LogP contribution in [0, 0.1) is 5.82 Å². The number of carbonyl (C=O) groups is 1. The number of aliphatic hydroxyl groups excluding tert-OH is 1. The first kappa shape index (κ1) is 16.9. The molecule has 2 N–H and O–H groups in total. The van der Waals surface area contributed by atoms with Crippen molar-refractivity contribution in [1.82, 2.24) is 5.32 Å². The first-order chi connectivity index (χ1) is 10.2. The van der Waals surface area contributed by atoms with Crippen LogP contribution in [0.4, 0.5) is 4.39 Å². The lowest BCUT2D eigenvalue weighted by atomic mass is 10.1. The van der Waals surface area contributed by atoms with E-state index >= 15 is 0 Å². The summed E-state index contributed by atoms with van der Waals surface area (Å²) >= 11 is 0. The van der Waals surface area contributed by atoms with E-state index < -0.39 is 37.7 Å². The van der Waals surface area contributed by atoms with Gasteiger partial charge in [0.1, 0.15) is 10.6 Å². The number of aliphatic hydroxyl groups is 1. The van der Waals surface area contributed by atoms with E-state index in [4.69, 9.17) is 0 Å². The first-order valence-corrected chi connectivity index (χ1v) is 8.66. The van der Waals surface area contributed by atoms with Gasteiger partial charge in [0.25, 0.3) is 0 Å². The second kappa shape index (κ2) is 5.96. The van der Waals surface area contributed by atoms with E-state index in [-0.39, 0.29) is 6.54 Å². The van der Waals surface area contributed by atoms with Crippen LogP contribution in [0.3, 0.4) is 0 Å². The number of nitrogens with one attached hydrogen (secondary N) is 1. The second-order valence-electron chi connectivity index (χ2n) is 6.03. The molecule has 1 amide bonds. The molecule has 0 unspecified atom stereocenters. The average Bonchev–Trinajstić information content (AvgIpc) is 3.29. The number of rotatable bonds is 6. The van der Waals surface area contributed by atoms with Crippen molar-refractivity contribution in [3.05, 3.63) is 35.6 Å². The van der Waals surface area contributed by atoms with Gasteiger partial charge in [-0.2, -0.15) is 0 Å². The lowest BCUT2D eigenvalue weighted by Crippen LogP contribution is -2.50. The van der Waals surface area contributed by atoms with Gasteiger partial charge in [-0.3, -0.25) is 4.79 Å². The van der Waals surface area contributed by atoms with Crippen LogP contribution in [-0.4, -0.2) is 36.0 Å². The van der Waals surface area contributed by atoms with E-state index in [2.05, 4.69) is 5.32 Å². The molecule has 0 spiro atoms. The zero-order chi connectivity index (χ0) is 16.5. The Kier molecular flexibility index (Phi) is 4.58. The Morgan fingerprint density at radius 2 is 1.91 bits per heavy atom. The summed E-state index contributed by atoms with van der Waals surface area (Å²) in [7, 11) is -3.53. The summed E-state index contributed by atoms with van der Waals surface area (Å²) in [6.45, 7) is 2.62. The Balaban J connectivity index is 1.98. The molecule has 122 valence electrons. The number of amides is 1. The molecule has 0 radical (unpaired) electrons. The van der Waals surface area contributed by atoms with Crippen molar-refractivity contribution in [3.63, 3.8) is 0 Å². The fourth-order valence-corrected chi connectivity index (χ4v) is 4.05. The largest absolute Gasteiger partial charge is 0.387 e. The van der Waals surface area contributed by atoms with Crippen LogP contribution < -0.4 is 5.32 Å². The predicted molar refractivity (Wildman–Crippen MR) is 80.4 cm³/mol. The quantitative estimate of drug-likeness (QED) is 0.825. The average molecular weight is 329 g/mol. The molecule has 2 rings (SSSR count). The molecule has 1 aliphatic rings. The van der Waals surface area contributed by atoms with E-state index in [0.717, 1.165) is 0 Å². The molecule has 0 bridgehead atoms. The molecule has 7 heteroatoms. The highest BCUT2D eigenvalue weighted by Gasteiger charge is 2.50. The van der Waals surface area contributed by atoms with Gasteiger partial charge in [0.15, 0.2) is 9.84 Å². The lowest BCUT2D eigenvalue weighted by Gasteiger charge is -2.24. The number of hydrogen-bond acceptors (Lipinski definition) is 4. The molecule has 1 saturated carbocycles. The topological polar surface area (TPSA) is 83.5 Å². The van der Waals surface area contributed by atoms with Crippen LogP contribution in [0.5, 0.6) is 0 Å². The van der Waals surface area contributed by atoms with Crippen LogP contribution >= 0.6 is 0 Å². The number of halogens is 1. The predicted octanol–water partition coefficient (Wildman–Crippen LogP) is 1.33. The van der Waals surface area contributed by atoms with E-state index in [0.29, 0.717) is 18.4 Å². The van der Waals surface area contributed by atoms with Gasteiger partial charge in [-0.05, 0) is 44.4 Å². The van der Waals surface area contributed by atoms with Crippen molar-refractivity contribution in [1.29, 1.82) is 0 Å². The molecule has 1 atom stereocenters. The summed E-state index contributed by atoms with van der Waals surface area (Å²) in [5.74, 6) is -1.06. The van der Waals surface area contributed by atoms with Gasteiger partial charge >= 0.3 is 0 Å². The lowest BCUT2D eigenvalue weighted by molar-refractivity contribution is -0.123. The Labute approximate surface area is 129 Å². The van der Waals surface area contributed by atoms with Gasteiger partial charge in [-0.25, -0.2) is 12.8 Å². The highest BCUT2D eigenvalue weighted by molar-refractivity contribution is 7.94. The maximum Gasteiger partial charge on any atom is 0.240 e. The summed E-state index contributed by atoms with van der Waals surface area (Å²) in [6.07, 6.45) is 0.165. The molecule has 0 heterocycles. The molecule has 1 fully saturated rings. The summed E-state index contributed by atoms with van der Waals surface area (Å²) in [6, 6.07) is 5.25. The van der Waals surface area contributed by atoms with Gasteiger partial charge in [0.2, 0.25) is 5.91 Å². The zero-order valence-corrected chi connectivity index (χ0v) is 13.4. The summed E-state index contributed by atoms with van der Waals surface area (Å²) < 4.78 is 35.8. The summed E-state index contributed by atoms with van der Waals surface area (Å²) in [4.78, 5) is 12.2. The van der Waals surface area contributed by atoms with Crippen LogP contribution in [0.1, 0.15) is 38.4 Å². The number of sulfone groups is 1. The highest BCUT2D eigenvalue weighted by atomic mass is 32.2. The van der Waals surface area contributed by atoms with Crippen LogP contribution in [0.25, 0.3) is 0 Å². The molecule has 1 aromatic rings. The number of carbonyl (C=O) groups excluding carboxylic acids is 1. The Morgan fingerprint density at radius 1 is 1.36 bits per heavy atom. The molecule has 22 heavy (non-hydrogen) atoms. The molecular formula is C15H20FNO4S. The third kappa shape index (κ3) is 3.30. The van der Waals surface area contributed by atoms with Gasteiger partial charge in [-0.15, -0.1) is 0 Å². The van der Waals surface area contributed by atoms with E-state index in [1.807, 2.05) is 0 Å². The fourth-order valence-electron chi connectivity index (χ4n) is 2.13. The molecule has 5 nitrogen and oxygen atoms in total. The summed E-state index contributed by atoms with van der Waals surface area (Å²) in [5.41, 5.74) is 0.449. The molecule has 0 aliphatic heterocycles. The SMILES string of the molecule is CC(C)(C(=O)NC[C@H](O)c1ccc(F)cc1)S(=O)(=O)C1CC1. The van der Waals surface area contributed by atoms with Crippen LogP contribution in [0.15, 0.2) is 24.3 Å². The minimum Gasteiger partial charge on any atom is -0.387 e. The van der Waals surface area contributed by atoms with Crippen molar-refractivity contribution < 1.29 is 22.7 Å². The molecular weight excluding hydrogens is 309 g/mol. The van der Waals surface area contributed by atoms with Gasteiger partial charge < -0.3 is 10.4 Å². The zero-order valence-electron chi connectivity index (χ0n) is 12.5. The monoisotopic (exact) mass is 329 g/mol. The Morgan fingerprint density at radius 3 is 2.41 bits per heavy atom. The minimum atomic E-state index is -3.53. The van der Waals surface area contributed by atoms with Gasteiger partial charge in [0, 0.05) is 6.54 Å². The first-order valence-electron chi connectivity index (χ1n) is 7.11. The van der Waals surface area contributed by atoms with Gasteiger partial charge in [-0.1, -0.05) is 12.1 Å². The van der Waals surface area contributed by atoms with Crippen molar-refractivity contribution in [2.24, 2.45) is 0 Å². The third-order valence-corrected chi connectivity index (χ3v) is 6.89. The Bertz CT molecular complexity index is 651. The van der Waals surface area contributed by atoms with E-state index in [1.54, 1.807) is 0 Å². The number of benzene rings is 1. The Hall–Kier alpha value is -1.47. The van der Waals surface area contributed by atoms with Gasteiger partial charge in [0.05, 0.1) is 11.4 Å². The van der Waals surface area contributed by atoms with Crippen LogP contribution in [-0.2, 0) is 14.6 Å². The van der Waals surface area contributed by atoms with Crippen molar-refractivity contribution in [2.45, 2.75) is 42.8 Å². The fraction of sp³-hybridized carbons (Fsp3) is 0.533. The van der Waals surface area contributed by atoms with Crippen LogP contribution in [0.2, 0.25) is 0 Å². The van der Waals surface area contributed by atoms with Crippen molar-refractivity contribution in [2.75, 3.05) is 6.54 Å². The maximum absolute atomic E-state index is 12.8. The normalized spacial score (nSPS) is 17.1. The highest BCUT2D eigenvalue weighted by Crippen LogP contribution is 2.36. The van der Waals surface area contributed by atoms with Crippen molar-refractivity contribution in [3.8, 4) is 0 Å². The van der Waals surface area contributed by atoms with Crippen molar-refractivity contribution >= 4 is 15.7 Å². The maximum atomic E-state index is 12.8. The second-order valence-corrected chi connectivity index (χ2v) is 8.81.